The number of rotatable bonds is 5. The van der Waals surface area contributed by atoms with Crippen molar-refractivity contribution in [3.63, 3.8) is 0 Å². The number of nitrogens with zero attached hydrogens (tertiary/aromatic N) is 3. The quantitative estimate of drug-likeness (QED) is 0.480. The maximum Gasteiger partial charge on any atom is 0.233 e. The van der Waals surface area contributed by atoms with Gasteiger partial charge in [-0.25, -0.2) is 4.98 Å². The van der Waals surface area contributed by atoms with Gasteiger partial charge in [0.2, 0.25) is 5.91 Å². The maximum atomic E-state index is 13.7. The normalized spacial score (nSPS) is 19.1. The smallest absolute Gasteiger partial charge is 0.233 e. The van der Waals surface area contributed by atoms with E-state index in [1.165, 1.54) is 4.88 Å². The van der Waals surface area contributed by atoms with Gasteiger partial charge in [0.15, 0.2) is 0 Å². The molecule has 0 unspecified atom stereocenters. The van der Waals surface area contributed by atoms with Crippen molar-refractivity contribution >= 4 is 40.2 Å². The van der Waals surface area contributed by atoms with Gasteiger partial charge < -0.3 is 4.90 Å². The van der Waals surface area contributed by atoms with Crippen LogP contribution in [0.15, 0.2) is 47.2 Å². The van der Waals surface area contributed by atoms with Gasteiger partial charge in [0.25, 0.3) is 0 Å². The number of piperazine rings is 1. The van der Waals surface area contributed by atoms with Gasteiger partial charge in [0, 0.05) is 36.6 Å². The summed E-state index contributed by atoms with van der Waals surface area (Å²) >= 11 is 9.56. The van der Waals surface area contributed by atoms with Gasteiger partial charge in [-0.1, -0.05) is 42.6 Å². The number of carbonyl (C=O) groups is 1. The number of halogens is 1. The van der Waals surface area contributed by atoms with Gasteiger partial charge in [-0.15, -0.1) is 22.7 Å². The van der Waals surface area contributed by atoms with Crippen LogP contribution < -0.4 is 0 Å². The van der Waals surface area contributed by atoms with Crippen molar-refractivity contribution in [3.05, 3.63) is 62.8 Å². The van der Waals surface area contributed by atoms with E-state index in [4.69, 9.17) is 16.6 Å². The first-order valence-corrected chi connectivity index (χ1v) is 13.0. The minimum absolute atomic E-state index is 0.307. The molecule has 1 aliphatic carbocycles. The second kappa shape index (κ2) is 9.02. The molecule has 0 spiro atoms. The number of aromatic nitrogens is 1. The Morgan fingerprint density at radius 3 is 2.45 bits per heavy atom. The van der Waals surface area contributed by atoms with Gasteiger partial charge in [-0.3, -0.25) is 9.69 Å². The fourth-order valence-corrected chi connectivity index (χ4v) is 6.62. The van der Waals surface area contributed by atoms with Crippen LogP contribution in [0, 0.1) is 0 Å². The Balaban J connectivity index is 1.22. The van der Waals surface area contributed by atoms with Gasteiger partial charge >= 0.3 is 0 Å². The SMILES string of the molecule is O=C(N1CCN(Cc2nc(-c3cccs3)cs2)CC1)C1(c2ccc(Cl)cc2)CCCC1. The van der Waals surface area contributed by atoms with Crippen LogP contribution in [0.2, 0.25) is 5.02 Å². The summed E-state index contributed by atoms with van der Waals surface area (Å²) in [7, 11) is 0. The lowest BCUT2D eigenvalue weighted by Crippen LogP contribution is -2.53. The number of thiophene rings is 1. The largest absolute Gasteiger partial charge is 0.339 e. The summed E-state index contributed by atoms with van der Waals surface area (Å²) in [5.74, 6) is 0.307. The van der Waals surface area contributed by atoms with Gasteiger partial charge in [-0.05, 0) is 42.0 Å². The zero-order valence-corrected chi connectivity index (χ0v) is 19.8. The first-order chi connectivity index (χ1) is 15.1. The molecule has 0 atom stereocenters. The summed E-state index contributed by atoms with van der Waals surface area (Å²) in [5.41, 5.74) is 1.85. The van der Waals surface area contributed by atoms with Crippen LogP contribution in [-0.2, 0) is 16.8 Å². The second-order valence-electron chi connectivity index (χ2n) is 8.47. The Bertz CT molecular complexity index is 1020. The van der Waals surface area contributed by atoms with Crippen LogP contribution in [-0.4, -0.2) is 46.9 Å². The molecular weight excluding hydrogens is 446 g/mol. The molecular formula is C24H26ClN3OS2. The van der Waals surface area contributed by atoms with Crippen molar-refractivity contribution in [3.8, 4) is 10.6 Å². The molecule has 162 valence electrons. The van der Waals surface area contributed by atoms with Crippen molar-refractivity contribution in [2.24, 2.45) is 0 Å². The zero-order chi connectivity index (χ0) is 21.3. The van der Waals surface area contributed by atoms with Crippen LogP contribution in [0.5, 0.6) is 0 Å². The van der Waals surface area contributed by atoms with Crippen LogP contribution in [0.4, 0.5) is 0 Å². The number of hydrogen-bond acceptors (Lipinski definition) is 5. The third-order valence-electron chi connectivity index (χ3n) is 6.61. The first-order valence-electron chi connectivity index (χ1n) is 10.9. The molecule has 1 aromatic carbocycles. The molecule has 7 heteroatoms. The van der Waals surface area contributed by atoms with Crippen LogP contribution >= 0.6 is 34.3 Å². The van der Waals surface area contributed by atoms with Crippen molar-refractivity contribution in [2.45, 2.75) is 37.6 Å². The highest BCUT2D eigenvalue weighted by Gasteiger charge is 2.45. The van der Waals surface area contributed by atoms with Crippen LogP contribution in [0.3, 0.4) is 0 Å². The van der Waals surface area contributed by atoms with E-state index in [1.807, 2.05) is 12.1 Å². The van der Waals surface area contributed by atoms with Crippen LogP contribution in [0.1, 0.15) is 36.3 Å². The lowest BCUT2D eigenvalue weighted by molar-refractivity contribution is -0.139. The predicted octanol–water partition coefficient (Wildman–Crippen LogP) is 5.68. The van der Waals surface area contributed by atoms with Gasteiger partial charge in [0.05, 0.1) is 22.5 Å². The Hall–Kier alpha value is -1.73. The minimum Gasteiger partial charge on any atom is -0.339 e. The Kier molecular flexibility index (Phi) is 6.15. The van der Waals surface area contributed by atoms with E-state index in [0.29, 0.717) is 5.91 Å². The molecule has 3 heterocycles. The Labute approximate surface area is 196 Å². The number of hydrogen-bond donors (Lipinski definition) is 0. The number of amides is 1. The fraction of sp³-hybridized carbons (Fsp3) is 0.417. The molecule has 2 aromatic heterocycles. The highest BCUT2D eigenvalue weighted by atomic mass is 35.5. The summed E-state index contributed by atoms with van der Waals surface area (Å²) in [6.45, 7) is 4.24. The van der Waals surface area contributed by atoms with Crippen molar-refractivity contribution in [2.75, 3.05) is 26.2 Å². The molecule has 0 radical (unpaired) electrons. The molecule has 0 N–H and O–H groups in total. The van der Waals surface area contributed by atoms with E-state index >= 15 is 0 Å². The number of thiazole rings is 1. The summed E-state index contributed by atoms with van der Waals surface area (Å²) in [6, 6.07) is 12.1. The molecule has 1 saturated carbocycles. The molecule has 2 aliphatic rings. The average molecular weight is 472 g/mol. The third-order valence-corrected chi connectivity index (χ3v) is 8.58. The summed E-state index contributed by atoms with van der Waals surface area (Å²) < 4.78 is 0. The Morgan fingerprint density at radius 1 is 1.03 bits per heavy atom. The van der Waals surface area contributed by atoms with Gasteiger partial charge in [-0.2, -0.15) is 0 Å². The fourth-order valence-electron chi connectivity index (χ4n) is 4.90. The number of carbonyl (C=O) groups excluding carboxylic acids is 1. The first kappa shape index (κ1) is 21.1. The lowest BCUT2D eigenvalue weighted by Gasteiger charge is -2.40. The molecule has 3 aromatic rings. The molecule has 0 bridgehead atoms. The molecule has 4 nitrogen and oxygen atoms in total. The van der Waals surface area contributed by atoms with Crippen molar-refractivity contribution in [1.29, 1.82) is 0 Å². The third kappa shape index (κ3) is 4.31. The molecule has 1 saturated heterocycles. The Morgan fingerprint density at radius 2 is 1.77 bits per heavy atom. The van der Waals surface area contributed by atoms with E-state index in [9.17, 15) is 4.79 Å². The van der Waals surface area contributed by atoms with Crippen molar-refractivity contribution in [1.82, 2.24) is 14.8 Å². The van der Waals surface area contributed by atoms with E-state index in [0.717, 1.165) is 79.7 Å². The van der Waals surface area contributed by atoms with E-state index in [1.54, 1.807) is 22.7 Å². The predicted molar refractivity (Wildman–Crippen MR) is 129 cm³/mol. The standard InChI is InChI=1S/C24H26ClN3OS2/c25-19-7-5-18(6-8-19)24(9-1-2-10-24)23(29)28-13-11-27(12-14-28)16-22-26-20(17-31-22)21-4-3-15-30-21/h3-8,15,17H,1-2,9-14,16H2. The number of benzene rings is 1. The highest BCUT2D eigenvalue weighted by molar-refractivity contribution is 7.14. The summed E-state index contributed by atoms with van der Waals surface area (Å²) in [6.07, 6.45) is 4.12. The van der Waals surface area contributed by atoms with E-state index in [-0.39, 0.29) is 5.41 Å². The molecule has 2 fully saturated rings. The summed E-state index contributed by atoms with van der Waals surface area (Å²) in [5, 5.41) is 6.11. The minimum atomic E-state index is -0.363. The molecule has 1 aliphatic heterocycles. The van der Waals surface area contributed by atoms with E-state index in [2.05, 4.69) is 44.8 Å². The van der Waals surface area contributed by atoms with E-state index < -0.39 is 0 Å². The van der Waals surface area contributed by atoms with Crippen LogP contribution in [0.25, 0.3) is 10.6 Å². The molecule has 31 heavy (non-hydrogen) atoms. The summed E-state index contributed by atoms with van der Waals surface area (Å²) in [4.78, 5) is 24.2. The van der Waals surface area contributed by atoms with Gasteiger partial charge in [0.1, 0.15) is 5.01 Å². The maximum absolute atomic E-state index is 13.7. The zero-order valence-electron chi connectivity index (χ0n) is 17.4. The second-order valence-corrected chi connectivity index (χ2v) is 10.8. The highest BCUT2D eigenvalue weighted by Crippen LogP contribution is 2.43. The average Bonchev–Trinajstić information content (AvgIpc) is 3.56. The van der Waals surface area contributed by atoms with Crippen molar-refractivity contribution < 1.29 is 4.79 Å². The molecule has 1 amide bonds. The monoisotopic (exact) mass is 471 g/mol. The lowest BCUT2D eigenvalue weighted by atomic mass is 9.77. The molecule has 5 rings (SSSR count). The topological polar surface area (TPSA) is 36.4 Å².